The Morgan fingerprint density at radius 1 is 0.608 bits per heavy atom. The maximum Gasteiger partial charge on any atom is 0.306 e. The van der Waals surface area contributed by atoms with Crippen LogP contribution in [0, 0.1) is 46.8 Å². The van der Waals surface area contributed by atoms with Crippen molar-refractivity contribution in [3.63, 3.8) is 0 Å². The van der Waals surface area contributed by atoms with E-state index in [9.17, 15) is 14.4 Å². The molecule has 0 heterocycles. The molecule has 3 aliphatic rings. The minimum Gasteiger partial charge on any atom is -0.466 e. The van der Waals surface area contributed by atoms with Crippen LogP contribution in [0.5, 0.6) is 0 Å². The van der Waals surface area contributed by atoms with Gasteiger partial charge >= 0.3 is 17.9 Å². The quantitative estimate of drug-likeness (QED) is 0.0281. The Labute approximate surface area is 490 Å². The minimum absolute atomic E-state index is 0.0187. The van der Waals surface area contributed by atoms with Crippen molar-refractivity contribution in [2.75, 3.05) is 19.8 Å². The van der Waals surface area contributed by atoms with Gasteiger partial charge in [0.05, 0.1) is 6.61 Å². The van der Waals surface area contributed by atoms with Crippen molar-refractivity contribution in [2.24, 2.45) is 46.8 Å². The molecular formula is C72H131NO6. The number of fused-ring (bicyclic) bond motifs is 3. The Hall–Kier alpha value is -2.15. The first-order valence-corrected chi connectivity index (χ1v) is 35.0. The first-order chi connectivity index (χ1) is 38.4. The molecule has 1 N–H and O–H groups in total. The molecule has 9 unspecified atom stereocenters. The third-order valence-electron chi connectivity index (χ3n) is 20.2. The fraction of sp³-hybridized carbons (Fsp3) is 0.903. The Morgan fingerprint density at radius 3 is 1.80 bits per heavy atom. The predicted molar refractivity (Wildman–Crippen MR) is 336 cm³/mol. The summed E-state index contributed by atoms with van der Waals surface area (Å²) in [5, 5.41) is 3.76. The van der Waals surface area contributed by atoms with Crippen molar-refractivity contribution in [3.05, 3.63) is 23.8 Å². The molecule has 0 aromatic heterocycles. The lowest BCUT2D eigenvalue weighted by atomic mass is 9.51. The van der Waals surface area contributed by atoms with Gasteiger partial charge in [0.1, 0.15) is 12.7 Å². The highest BCUT2D eigenvalue weighted by Gasteiger charge is 2.50. The number of hydrogen-bond acceptors (Lipinski definition) is 7. The molecule has 3 aliphatic carbocycles. The van der Waals surface area contributed by atoms with Gasteiger partial charge in [-0.05, 0) is 150 Å². The van der Waals surface area contributed by atoms with Gasteiger partial charge in [-0.1, -0.05) is 240 Å². The molecule has 0 spiro atoms. The Balaban J connectivity index is 1.35. The number of esters is 3. The van der Waals surface area contributed by atoms with E-state index < -0.39 is 0 Å². The zero-order valence-corrected chi connectivity index (χ0v) is 53.6. The molecule has 2 saturated carbocycles. The van der Waals surface area contributed by atoms with E-state index in [4.69, 9.17) is 14.2 Å². The van der Waals surface area contributed by atoms with E-state index in [0.717, 1.165) is 131 Å². The van der Waals surface area contributed by atoms with Gasteiger partial charge in [0.25, 0.3) is 0 Å². The second kappa shape index (κ2) is 45.3. The molecule has 7 heteroatoms. The SMILES string of the molecule is CCCCCCCCCCC/C=C/COC(=O)CCCC(CCCC(=O)OCCCCCCCCCCCCCC)NCCCCCC(=O)OC1CCC2(C)C(=CCC3C(CCC(CC)C(C)CCC(C)C(C)C)CCCC32)C1. The van der Waals surface area contributed by atoms with Gasteiger partial charge in [0, 0.05) is 31.7 Å². The minimum atomic E-state index is -0.137. The lowest BCUT2D eigenvalue weighted by Crippen LogP contribution is -2.46. The number of carbonyl (C=O) groups excluding carboxylic acids is 3. The van der Waals surface area contributed by atoms with Crippen LogP contribution in [0.2, 0.25) is 0 Å². The smallest absolute Gasteiger partial charge is 0.306 e. The van der Waals surface area contributed by atoms with Crippen LogP contribution in [0.4, 0.5) is 0 Å². The van der Waals surface area contributed by atoms with Crippen molar-refractivity contribution in [2.45, 2.75) is 350 Å². The molecule has 7 nitrogen and oxygen atoms in total. The van der Waals surface area contributed by atoms with E-state index in [1.54, 1.807) is 5.57 Å². The number of rotatable bonds is 50. The van der Waals surface area contributed by atoms with Crippen LogP contribution in [0.1, 0.15) is 338 Å². The molecular weight excluding hydrogens is 975 g/mol. The van der Waals surface area contributed by atoms with Gasteiger partial charge in [-0.25, -0.2) is 0 Å². The van der Waals surface area contributed by atoms with Gasteiger partial charge in [0.2, 0.25) is 0 Å². The summed E-state index contributed by atoms with van der Waals surface area (Å²) in [5.41, 5.74) is 1.86. The Bertz CT molecular complexity index is 1590. The summed E-state index contributed by atoms with van der Waals surface area (Å²) in [6, 6.07) is 0.217. The first kappa shape index (κ1) is 71.1. The van der Waals surface area contributed by atoms with Gasteiger partial charge in [-0.15, -0.1) is 0 Å². The van der Waals surface area contributed by atoms with Crippen LogP contribution in [0.25, 0.3) is 0 Å². The van der Waals surface area contributed by atoms with E-state index in [1.807, 2.05) is 6.08 Å². The van der Waals surface area contributed by atoms with E-state index in [-0.39, 0.29) is 35.5 Å². The summed E-state index contributed by atoms with van der Waals surface area (Å²) in [7, 11) is 0. The summed E-state index contributed by atoms with van der Waals surface area (Å²) >= 11 is 0. The molecule has 79 heavy (non-hydrogen) atoms. The highest BCUT2D eigenvalue weighted by Crippen LogP contribution is 2.59. The van der Waals surface area contributed by atoms with Crippen molar-refractivity contribution >= 4 is 17.9 Å². The average molecular weight is 1110 g/mol. The summed E-state index contributed by atoms with van der Waals surface area (Å²) in [4.78, 5) is 38.6. The van der Waals surface area contributed by atoms with Crippen LogP contribution in [-0.4, -0.2) is 49.8 Å². The summed E-state index contributed by atoms with van der Waals surface area (Å²) in [6.07, 6.45) is 58.0. The van der Waals surface area contributed by atoms with Crippen LogP contribution >= 0.6 is 0 Å². The number of unbranched alkanes of at least 4 members (excludes halogenated alkanes) is 22. The third kappa shape index (κ3) is 31.9. The van der Waals surface area contributed by atoms with Gasteiger partial charge in [0.15, 0.2) is 0 Å². The number of carbonyl (C=O) groups is 3. The summed E-state index contributed by atoms with van der Waals surface area (Å²) in [5.74, 6) is 5.49. The summed E-state index contributed by atoms with van der Waals surface area (Å²) in [6.45, 7) is 21.0. The molecule has 0 aliphatic heterocycles. The molecule has 2 fully saturated rings. The van der Waals surface area contributed by atoms with Crippen molar-refractivity contribution in [3.8, 4) is 0 Å². The molecule has 0 bridgehead atoms. The highest BCUT2D eigenvalue weighted by atomic mass is 16.5. The van der Waals surface area contributed by atoms with Crippen molar-refractivity contribution < 1.29 is 28.6 Å². The molecule has 0 amide bonds. The zero-order valence-electron chi connectivity index (χ0n) is 53.6. The van der Waals surface area contributed by atoms with E-state index in [0.29, 0.717) is 32.5 Å². The normalized spacial score (nSPS) is 21.8. The van der Waals surface area contributed by atoms with Crippen LogP contribution in [0.3, 0.4) is 0 Å². The molecule has 0 aromatic carbocycles. The summed E-state index contributed by atoms with van der Waals surface area (Å²) < 4.78 is 17.4. The van der Waals surface area contributed by atoms with Gasteiger partial charge in [-0.3, -0.25) is 14.4 Å². The number of allylic oxidation sites excluding steroid dienone is 2. The van der Waals surface area contributed by atoms with Crippen molar-refractivity contribution in [1.82, 2.24) is 5.32 Å². The fourth-order valence-corrected chi connectivity index (χ4v) is 14.2. The number of hydrogen-bond donors (Lipinski definition) is 1. The van der Waals surface area contributed by atoms with Crippen LogP contribution in [0.15, 0.2) is 23.8 Å². The van der Waals surface area contributed by atoms with Gasteiger partial charge in [-0.2, -0.15) is 0 Å². The molecule has 9 atom stereocenters. The highest BCUT2D eigenvalue weighted by molar-refractivity contribution is 5.70. The third-order valence-corrected chi connectivity index (χ3v) is 20.2. The second-order valence-corrected chi connectivity index (χ2v) is 26.8. The Morgan fingerprint density at radius 2 is 1.18 bits per heavy atom. The first-order valence-electron chi connectivity index (χ1n) is 35.0. The maximum atomic E-state index is 13.3. The van der Waals surface area contributed by atoms with Crippen molar-refractivity contribution in [1.29, 1.82) is 0 Å². The topological polar surface area (TPSA) is 90.9 Å². The molecule has 0 radical (unpaired) electrons. The fourth-order valence-electron chi connectivity index (χ4n) is 14.2. The van der Waals surface area contributed by atoms with E-state index in [1.165, 1.54) is 180 Å². The molecule has 0 saturated heterocycles. The molecule has 460 valence electrons. The monoisotopic (exact) mass is 1110 g/mol. The maximum absolute atomic E-state index is 13.3. The molecule has 3 rings (SSSR count). The molecule has 0 aromatic rings. The zero-order chi connectivity index (χ0) is 57.2. The lowest BCUT2D eigenvalue weighted by Gasteiger charge is -2.54. The largest absolute Gasteiger partial charge is 0.466 e. The number of ether oxygens (including phenoxy) is 3. The predicted octanol–water partition coefficient (Wildman–Crippen LogP) is 21.1. The second-order valence-electron chi connectivity index (χ2n) is 26.8. The standard InChI is InChI=1S/C72H131NO6/c1-9-12-14-16-18-20-22-24-26-28-30-35-56-77-69(74)45-38-41-65(42-39-46-70(75)78-57-36-31-29-27-25-23-21-19-17-15-13-10-2)73-55-34-32-33-44-71(76)79-66-53-54-72(8)64(58-66)51-52-67-63(40-37-43-68(67)72)50-49-62(11-3)61(7)48-47-60(6)59(4)5/h30,35,51,59-63,65-68,73H,9-29,31-34,36-50,52-58H2,1-8H3/b35-30+. The van der Waals surface area contributed by atoms with Gasteiger partial charge < -0.3 is 19.5 Å². The lowest BCUT2D eigenvalue weighted by molar-refractivity contribution is -0.151. The average Bonchev–Trinajstić information content (AvgIpc) is 3.58. The van der Waals surface area contributed by atoms with E-state index in [2.05, 4.69) is 72.9 Å². The van der Waals surface area contributed by atoms with Crippen LogP contribution < -0.4 is 5.32 Å². The van der Waals surface area contributed by atoms with E-state index >= 15 is 0 Å². The Kier molecular flexibility index (Phi) is 40.8. The number of nitrogens with one attached hydrogen (secondary N) is 1. The van der Waals surface area contributed by atoms with Crippen LogP contribution in [-0.2, 0) is 28.6 Å².